The predicted octanol–water partition coefficient (Wildman–Crippen LogP) is 3.42. The number of anilines is 1. The second kappa shape index (κ2) is 7.61. The van der Waals surface area contributed by atoms with Crippen LogP contribution in [0.5, 0.6) is 0 Å². The van der Waals surface area contributed by atoms with Gasteiger partial charge in [0.2, 0.25) is 5.91 Å². The molecule has 1 aromatic heterocycles. The van der Waals surface area contributed by atoms with Gasteiger partial charge in [0.05, 0.1) is 5.01 Å². The molecule has 25 heavy (non-hydrogen) atoms. The minimum absolute atomic E-state index is 0.0392. The van der Waals surface area contributed by atoms with Crippen molar-refractivity contribution in [3.8, 4) is 0 Å². The molecule has 0 radical (unpaired) electrons. The molecule has 5 nitrogen and oxygen atoms in total. The van der Waals surface area contributed by atoms with Gasteiger partial charge in [0.15, 0.2) is 0 Å². The van der Waals surface area contributed by atoms with Crippen LogP contribution >= 0.6 is 11.3 Å². The second-order valence-corrected chi connectivity index (χ2v) is 7.09. The number of carbonyl (C=O) groups is 2. The Kier molecular flexibility index (Phi) is 5.28. The second-order valence-electron chi connectivity index (χ2n) is 6.15. The monoisotopic (exact) mass is 355 g/mol. The van der Waals surface area contributed by atoms with E-state index in [9.17, 15) is 9.59 Å². The number of hydrogen-bond donors (Lipinski definition) is 1. The fourth-order valence-electron chi connectivity index (χ4n) is 3.07. The molecule has 1 N–H and O–H groups in total. The summed E-state index contributed by atoms with van der Waals surface area (Å²) >= 11 is 1.66. The maximum Gasteiger partial charge on any atom is 0.254 e. The van der Waals surface area contributed by atoms with Gasteiger partial charge in [-0.1, -0.05) is 6.58 Å². The molecule has 1 atom stereocenters. The van der Waals surface area contributed by atoms with Crippen molar-refractivity contribution in [1.82, 2.24) is 9.88 Å². The van der Waals surface area contributed by atoms with Gasteiger partial charge in [-0.2, -0.15) is 0 Å². The van der Waals surface area contributed by atoms with Crippen LogP contribution in [0, 0.1) is 6.92 Å². The lowest BCUT2D eigenvalue weighted by Gasteiger charge is -2.24. The van der Waals surface area contributed by atoms with Gasteiger partial charge in [0, 0.05) is 41.3 Å². The molecule has 2 aromatic rings. The Hall–Kier alpha value is -2.47. The highest BCUT2D eigenvalue weighted by Crippen LogP contribution is 2.25. The van der Waals surface area contributed by atoms with Crippen LogP contribution in [-0.2, 0) is 11.2 Å². The molecule has 130 valence electrons. The first-order chi connectivity index (χ1) is 12.1. The van der Waals surface area contributed by atoms with Crippen LogP contribution in [0.3, 0.4) is 0 Å². The van der Waals surface area contributed by atoms with E-state index < -0.39 is 0 Å². The largest absolute Gasteiger partial charge is 0.335 e. The van der Waals surface area contributed by atoms with Gasteiger partial charge in [-0.05, 0) is 50.1 Å². The van der Waals surface area contributed by atoms with Crippen molar-refractivity contribution in [2.45, 2.75) is 32.2 Å². The highest BCUT2D eigenvalue weighted by molar-refractivity contribution is 7.09. The third-order valence-electron chi connectivity index (χ3n) is 4.30. The van der Waals surface area contributed by atoms with Crippen molar-refractivity contribution in [2.24, 2.45) is 0 Å². The lowest BCUT2D eigenvalue weighted by Crippen LogP contribution is -2.36. The van der Waals surface area contributed by atoms with Crippen molar-refractivity contribution in [1.29, 1.82) is 0 Å². The summed E-state index contributed by atoms with van der Waals surface area (Å²) in [7, 11) is 0. The zero-order valence-electron chi connectivity index (χ0n) is 14.2. The Labute approximate surface area is 151 Å². The minimum Gasteiger partial charge on any atom is -0.335 e. The number of hydrogen-bond acceptors (Lipinski definition) is 4. The van der Waals surface area contributed by atoms with Gasteiger partial charge in [-0.3, -0.25) is 9.59 Å². The van der Waals surface area contributed by atoms with Crippen molar-refractivity contribution < 1.29 is 9.59 Å². The number of rotatable bonds is 5. The molecule has 0 bridgehead atoms. The normalized spacial score (nSPS) is 16.7. The number of carbonyl (C=O) groups excluding carboxylic acids is 2. The number of amides is 2. The maximum atomic E-state index is 12.8. The van der Waals surface area contributed by atoms with Gasteiger partial charge in [-0.25, -0.2) is 4.98 Å². The molecule has 6 heteroatoms. The van der Waals surface area contributed by atoms with Crippen LogP contribution in [0.15, 0.2) is 42.3 Å². The fraction of sp³-hybridized carbons (Fsp3) is 0.316. The summed E-state index contributed by atoms with van der Waals surface area (Å²) in [4.78, 5) is 30.6. The Balaban J connectivity index is 1.68. The van der Waals surface area contributed by atoms with Gasteiger partial charge in [0.1, 0.15) is 0 Å². The highest BCUT2D eigenvalue weighted by Gasteiger charge is 2.30. The summed E-state index contributed by atoms with van der Waals surface area (Å²) in [5.41, 5.74) is 2.32. The highest BCUT2D eigenvalue weighted by atomic mass is 32.1. The maximum absolute atomic E-state index is 12.8. The average Bonchev–Trinajstić information content (AvgIpc) is 3.24. The van der Waals surface area contributed by atoms with E-state index in [0.29, 0.717) is 11.3 Å². The Morgan fingerprint density at radius 3 is 2.80 bits per heavy atom. The number of thiazole rings is 1. The first kappa shape index (κ1) is 17.4. The molecule has 1 saturated heterocycles. The molecular formula is C19H21N3O2S. The first-order valence-electron chi connectivity index (χ1n) is 8.32. The van der Waals surface area contributed by atoms with E-state index in [1.54, 1.807) is 35.6 Å². The van der Waals surface area contributed by atoms with E-state index in [-0.39, 0.29) is 17.9 Å². The molecule has 1 aliphatic heterocycles. The third kappa shape index (κ3) is 4.14. The van der Waals surface area contributed by atoms with Gasteiger partial charge in [0.25, 0.3) is 5.91 Å². The van der Waals surface area contributed by atoms with Crippen molar-refractivity contribution >= 4 is 28.8 Å². The van der Waals surface area contributed by atoms with Crippen LogP contribution in [0.2, 0.25) is 0 Å². The Morgan fingerprint density at radius 2 is 2.16 bits per heavy atom. The number of nitrogens with one attached hydrogen (secondary N) is 1. The first-order valence-corrected chi connectivity index (χ1v) is 9.20. The number of nitrogens with zero attached hydrogens (tertiary/aromatic N) is 2. The molecule has 1 aliphatic rings. The molecule has 0 aliphatic carbocycles. The summed E-state index contributed by atoms with van der Waals surface area (Å²) in [5, 5.41) is 5.82. The summed E-state index contributed by atoms with van der Waals surface area (Å²) in [6, 6.07) is 7.19. The van der Waals surface area contributed by atoms with E-state index in [0.717, 1.165) is 36.5 Å². The predicted molar refractivity (Wildman–Crippen MR) is 99.9 cm³/mol. The summed E-state index contributed by atoms with van der Waals surface area (Å²) < 4.78 is 0. The topological polar surface area (TPSA) is 62.3 Å². The lowest BCUT2D eigenvalue weighted by molar-refractivity contribution is -0.111. The van der Waals surface area contributed by atoms with Gasteiger partial charge < -0.3 is 10.2 Å². The molecule has 0 saturated carbocycles. The van der Waals surface area contributed by atoms with E-state index in [1.807, 2.05) is 17.2 Å². The molecule has 1 fully saturated rings. The van der Waals surface area contributed by atoms with Gasteiger partial charge in [-0.15, -0.1) is 11.3 Å². The van der Waals surface area contributed by atoms with Crippen LogP contribution in [-0.4, -0.2) is 34.3 Å². The molecule has 3 rings (SSSR count). The Morgan fingerprint density at radius 1 is 1.40 bits per heavy atom. The SMILES string of the molecule is C=CC(=O)Nc1ccc(C(=O)N2CCCC2Cc2nc(C)cs2)cc1. The van der Waals surface area contributed by atoms with Crippen molar-refractivity contribution in [3.63, 3.8) is 0 Å². The molecular weight excluding hydrogens is 334 g/mol. The average molecular weight is 355 g/mol. The number of aryl methyl sites for hydroxylation is 1. The summed E-state index contributed by atoms with van der Waals surface area (Å²) in [6.07, 6.45) is 4.07. The van der Waals surface area contributed by atoms with Crippen molar-refractivity contribution in [3.05, 3.63) is 58.6 Å². The number of aromatic nitrogens is 1. The van der Waals surface area contributed by atoms with E-state index >= 15 is 0 Å². The van der Waals surface area contributed by atoms with E-state index in [1.165, 1.54) is 6.08 Å². The smallest absolute Gasteiger partial charge is 0.254 e. The van der Waals surface area contributed by atoms with Crippen LogP contribution in [0.4, 0.5) is 5.69 Å². The Bertz CT molecular complexity index is 782. The number of likely N-dealkylation sites (tertiary alicyclic amines) is 1. The summed E-state index contributed by atoms with van der Waals surface area (Å²) in [5.74, 6) is -0.227. The third-order valence-corrected chi connectivity index (χ3v) is 5.29. The summed E-state index contributed by atoms with van der Waals surface area (Å²) in [6.45, 7) is 6.19. The molecule has 2 amide bonds. The van der Waals surface area contributed by atoms with E-state index in [2.05, 4.69) is 16.9 Å². The van der Waals surface area contributed by atoms with Crippen LogP contribution in [0.25, 0.3) is 0 Å². The standard InChI is InChI=1S/C19H21N3O2S/c1-3-17(23)21-15-8-6-14(7-9-15)19(24)22-10-4-5-16(22)11-18-20-13(2)12-25-18/h3,6-9,12,16H,1,4-5,10-11H2,2H3,(H,21,23). The molecule has 0 spiro atoms. The molecule has 1 unspecified atom stereocenters. The zero-order chi connectivity index (χ0) is 17.8. The van der Waals surface area contributed by atoms with Crippen molar-refractivity contribution in [2.75, 3.05) is 11.9 Å². The fourth-order valence-corrected chi connectivity index (χ4v) is 3.91. The van der Waals surface area contributed by atoms with E-state index in [4.69, 9.17) is 0 Å². The van der Waals surface area contributed by atoms with Crippen LogP contribution < -0.4 is 5.32 Å². The zero-order valence-corrected chi connectivity index (χ0v) is 15.0. The lowest BCUT2D eigenvalue weighted by atomic mass is 10.1. The minimum atomic E-state index is -0.266. The number of benzene rings is 1. The van der Waals surface area contributed by atoms with Crippen LogP contribution in [0.1, 0.15) is 33.9 Å². The molecule has 2 heterocycles. The van der Waals surface area contributed by atoms with Gasteiger partial charge >= 0.3 is 0 Å². The quantitative estimate of drug-likeness (QED) is 0.836. The molecule has 1 aromatic carbocycles.